The Morgan fingerprint density at radius 3 is 2.65 bits per heavy atom. The van der Waals surface area contributed by atoms with E-state index in [9.17, 15) is 0 Å². The normalized spacial score (nSPS) is 23.4. The molecule has 2 aromatic heterocycles. The SMILES string of the molecule is [2H]C([2H])([2H])c1c[n+](C)c(-c2c(C)ccc3c2oc2ccc4c(c23)C(C([2H])([2H])[2H])(C([2H])([2H])[2H])c2ccccc2-4)cc1C([2H])(C([2H])([2H])[2H])C([2H])([2H])[2H]. The van der Waals surface area contributed by atoms with Gasteiger partial charge < -0.3 is 4.42 Å². The molecule has 2 heterocycles. The molecule has 1 aliphatic rings. The van der Waals surface area contributed by atoms with Crippen molar-refractivity contribution in [3.8, 4) is 22.4 Å². The van der Waals surface area contributed by atoms with Crippen molar-refractivity contribution in [3.63, 3.8) is 0 Å². The molecule has 3 aromatic carbocycles. The van der Waals surface area contributed by atoms with Crippen molar-refractivity contribution in [3.05, 3.63) is 88.6 Å². The quantitative estimate of drug-likeness (QED) is 0.242. The standard InChI is InChI=1S/C32H32NO/c1-18(2)24-16-26(33(7)17-20(24)4)28-19(3)12-13-23-29-27(34-31(23)28)15-14-22-21-10-8-9-11-25(21)32(5,6)30(22)29/h8-18H,1-7H3/q+1/i1D3,2D3,4D3,5D3,6D3,18D. The summed E-state index contributed by atoms with van der Waals surface area (Å²) in [6.07, 6.45) is 1.09. The fourth-order valence-electron chi connectivity index (χ4n) is 5.25. The first-order valence-corrected chi connectivity index (χ1v) is 10.9. The molecule has 0 unspecified atom stereocenters. The molecule has 0 spiro atoms. The van der Waals surface area contributed by atoms with Gasteiger partial charge >= 0.3 is 0 Å². The molecule has 0 saturated carbocycles. The Hall–Kier alpha value is -3.39. The predicted molar refractivity (Wildman–Crippen MR) is 141 cm³/mol. The summed E-state index contributed by atoms with van der Waals surface area (Å²) >= 11 is 0. The van der Waals surface area contributed by atoms with Gasteiger partial charge in [-0.25, -0.2) is 4.57 Å². The van der Waals surface area contributed by atoms with E-state index in [-0.39, 0.29) is 38.9 Å². The van der Waals surface area contributed by atoms with E-state index in [2.05, 4.69) is 0 Å². The summed E-state index contributed by atoms with van der Waals surface area (Å²) in [5, 5.41) is 0.567. The number of benzene rings is 3. The van der Waals surface area contributed by atoms with Crippen molar-refractivity contribution < 1.29 is 30.9 Å². The van der Waals surface area contributed by atoms with Crippen molar-refractivity contribution in [1.82, 2.24) is 0 Å². The molecule has 1 aliphatic carbocycles. The molecule has 2 heteroatoms. The lowest BCUT2D eigenvalue weighted by molar-refractivity contribution is -0.660. The fraction of sp³-hybridized carbons (Fsp3) is 0.281. The van der Waals surface area contributed by atoms with Crippen LogP contribution < -0.4 is 4.57 Å². The average molecular weight is 463 g/mol. The molecular formula is C32H32NO+. The van der Waals surface area contributed by atoms with Crippen LogP contribution in [0, 0.1) is 13.8 Å². The maximum absolute atomic E-state index is 8.91. The van der Waals surface area contributed by atoms with Gasteiger partial charge in [0.05, 0.1) is 5.56 Å². The Balaban J connectivity index is 1.78. The molecule has 0 saturated heterocycles. The lowest BCUT2D eigenvalue weighted by Crippen LogP contribution is -2.32. The van der Waals surface area contributed by atoms with Gasteiger partial charge in [-0.2, -0.15) is 0 Å². The van der Waals surface area contributed by atoms with Crippen molar-refractivity contribution in [1.29, 1.82) is 0 Å². The van der Waals surface area contributed by atoms with E-state index in [1.54, 1.807) is 49.4 Å². The van der Waals surface area contributed by atoms with E-state index < -0.39 is 56.7 Å². The van der Waals surface area contributed by atoms with Crippen LogP contribution in [-0.4, -0.2) is 0 Å². The van der Waals surface area contributed by atoms with Gasteiger partial charge in [0, 0.05) is 49.7 Å². The Morgan fingerprint density at radius 1 is 1.00 bits per heavy atom. The van der Waals surface area contributed by atoms with Crippen LogP contribution in [0.1, 0.15) is 83.1 Å². The van der Waals surface area contributed by atoms with Gasteiger partial charge in [-0.1, -0.05) is 69.9 Å². The maximum atomic E-state index is 8.91. The summed E-state index contributed by atoms with van der Waals surface area (Å²) in [6.45, 7) is -14.4. The zero-order valence-electron chi connectivity index (χ0n) is 34.6. The topological polar surface area (TPSA) is 17.0 Å². The van der Waals surface area contributed by atoms with E-state index in [1.165, 1.54) is 17.7 Å². The van der Waals surface area contributed by atoms with Crippen LogP contribution in [0.3, 0.4) is 0 Å². The fourth-order valence-corrected chi connectivity index (χ4v) is 5.25. The molecule has 0 fully saturated rings. The highest BCUT2D eigenvalue weighted by atomic mass is 16.3. The van der Waals surface area contributed by atoms with Crippen molar-refractivity contribution in [2.24, 2.45) is 7.05 Å². The molecular weight excluding hydrogens is 414 g/mol. The Morgan fingerprint density at radius 2 is 1.85 bits per heavy atom. The van der Waals surface area contributed by atoms with Crippen molar-refractivity contribution >= 4 is 21.9 Å². The number of fused-ring (bicyclic) bond motifs is 7. The van der Waals surface area contributed by atoms with E-state index in [1.807, 2.05) is 0 Å². The Labute approximate surface area is 224 Å². The summed E-state index contributed by atoms with van der Waals surface area (Å²) in [7, 11) is 1.48. The zero-order chi connectivity index (χ0) is 37.4. The molecule has 170 valence electrons. The highest BCUT2D eigenvalue weighted by Crippen LogP contribution is 2.53. The molecule has 0 N–H and O–H groups in total. The maximum Gasteiger partial charge on any atom is 0.216 e. The molecule has 2 nitrogen and oxygen atoms in total. The Kier molecular flexibility index (Phi) is 2.09. The van der Waals surface area contributed by atoms with Crippen LogP contribution in [0.25, 0.3) is 44.3 Å². The summed E-state index contributed by atoms with van der Waals surface area (Å²) in [5.41, 5.74) is -1.57. The van der Waals surface area contributed by atoms with Crippen molar-refractivity contribution in [2.45, 2.75) is 52.5 Å². The van der Waals surface area contributed by atoms with Gasteiger partial charge in [-0.15, -0.1) is 0 Å². The van der Waals surface area contributed by atoms with Gasteiger partial charge in [0.15, 0.2) is 6.20 Å². The highest BCUT2D eigenvalue weighted by Gasteiger charge is 2.38. The van der Waals surface area contributed by atoms with E-state index in [0.717, 1.165) is 12.3 Å². The number of pyridine rings is 1. The third kappa shape index (κ3) is 2.72. The molecule has 0 aliphatic heterocycles. The smallest absolute Gasteiger partial charge is 0.216 e. The largest absolute Gasteiger partial charge is 0.455 e. The van der Waals surface area contributed by atoms with E-state index >= 15 is 0 Å². The summed E-state index contributed by atoms with van der Waals surface area (Å²) < 4.78 is 142. The average Bonchev–Trinajstić information content (AvgIpc) is 3.48. The van der Waals surface area contributed by atoms with Crippen LogP contribution in [0.5, 0.6) is 0 Å². The summed E-state index contributed by atoms with van der Waals surface area (Å²) in [6, 6.07) is 14.1. The third-order valence-corrected chi connectivity index (χ3v) is 6.81. The highest BCUT2D eigenvalue weighted by molar-refractivity contribution is 6.14. The molecule has 0 amide bonds. The molecule has 0 radical (unpaired) electrons. The van der Waals surface area contributed by atoms with Gasteiger partial charge in [-0.05, 0) is 59.1 Å². The molecule has 6 rings (SSSR count). The minimum atomic E-state index is -3.49. The van der Waals surface area contributed by atoms with Crippen LogP contribution >= 0.6 is 0 Å². The minimum absolute atomic E-state index is 0.0440. The van der Waals surface area contributed by atoms with Crippen LogP contribution in [-0.2, 0) is 12.5 Å². The van der Waals surface area contributed by atoms with Crippen LogP contribution in [0.2, 0.25) is 0 Å². The molecule has 5 aromatic rings. The lowest BCUT2D eigenvalue weighted by Gasteiger charge is -2.22. The monoisotopic (exact) mass is 462 g/mol. The van der Waals surface area contributed by atoms with Crippen LogP contribution in [0.4, 0.5) is 0 Å². The number of aromatic nitrogens is 1. The number of hydrogen-bond acceptors (Lipinski definition) is 1. The van der Waals surface area contributed by atoms with Gasteiger partial charge in [0.2, 0.25) is 5.69 Å². The van der Waals surface area contributed by atoms with Gasteiger partial charge in [0.1, 0.15) is 18.2 Å². The number of rotatable bonds is 2. The molecule has 0 bridgehead atoms. The summed E-state index contributed by atoms with van der Waals surface area (Å²) in [4.78, 5) is 0. The molecule has 34 heavy (non-hydrogen) atoms. The van der Waals surface area contributed by atoms with Gasteiger partial charge in [0.25, 0.3) is 0 Å². The van der Waals surface area contributed by atoms with Gasteiger partial charge in [-0.3, -0.25) is 0 Å². The van der Waals surface area contributed by atoms with Crippen molar-refractivity contribution in [2.75, 3.05) is 0 Å². The second-order valence-electron chi connectivity index (χ2n) is 8.86. The first-order valence-electron chi connectivity index (χ1n) is 18.9. The lowest BCUT2D eigenvalue weighted by atomic mass is 9.80. The van der Waals surface area contributed by atoms with E-state index in [4.69, 9.17) is 26.3 Å². The second kappa shape index (κ2) is 7.06. The minimum Gasteiger partial charge on any atom is -0.455 e. The first-order chi connectivity index (χ1) is 22.7. The number of nitrogens with zero attached hydrogens (tertiary/aromatic N) is 1. The van der Waals surface area contributed by atoms with Crippen LogP contribution in [0.15, 0.2) is 65.2 Å². The predicted octanol–water partition coefficient (Wildman–Crippen LogP) is 8.12. The number of hydrogen-bond donors (Lipinski definition) is 0. The number of aryl methyl sites for hydroxylation is 3. The zero-order valence-corrected chi connectivity index (χ0v) is 18.6. The molecule has 0 atom stereocenters. The second-order valence-corrected chi connectivity index (χ2v) is 8.86. The third-order valence-electron chi connectivity index (χ3n) is 6.81. The Bertz CT molecular complexity index is 2170. The van der Waals surface area contributed by atoms with E-state index in [0.29, 0.717) is 22.1 Å². The summed E-state index contributed by atoms with van der Waals surface area (Å²) in [5.74, 6) is -3.35. The number of furan rings is 1. The first kappa shape index (κ1) is 10.1.